The third-order valence-electron chi connectivity index (χ3n) is 3.05. The Morgan fingerprint density at radius 3 is 2.14 bits per heavy atom. The molecule has 0 heterocycles. The molecule has 0 saturated carbocycles. The minimum absolute atomic E-state index is 0.00135. The number of hydrogen-bond acceptors (Lipinski definition) is 4. The fraction of sp³-hybridized carbons (Fsp3) is 0.529. The number of carboxylic acid groups (broad SMARTS) is 1. The van der Waals surface area contributed by atoms with Crippen LogP contribution in [0.3, 0.4) is 0 Å². The zero-order chi connectivity index (χ0) is 16.9. The quantitative estimate of drug-likeness (QED) is 0.790. The Morgan fingerprint density at radius 1 is 1.18 bits per heavy atom. The van der Waals surface area contributed by atoms with Gasteiger partial charge in [-0.25, -0.2) is 4.79 Å². The molecule has 5 heteroatoms. The molecule has 0 bridgehead atoms. The van der Waals surface area contributed by atoms with E-state index in [2.05, 4.69) is 5.32 Å². The van der Waals surface area contributed by atoms with Gasteiger partial charge in [-0.15, -0.1) is 0 Å². The lowest BCUT2D eigenvalue weighted by molar-refractivity contribution is -0.140. The van der Waals surface area contributed by atoms with Crippen LogP contribution < -0.4 is 5.32 Å². The highest BCUT2D eigenvalue weighted by atomic mass is 16.6. The van der Waals surface area contributed by atoms with Gasteiger partial charge >= 0.3 is 11.9 Å². The number of carbonyl (C=O) groups excluding carboxylic acids is 1. The van der Waals surface area contributed by atoms with Gasteiger partial charge in [0.2, 0.25) is 0 Å². The molecule has 1 aromatic carbocycles. The number of rotatable bonds is 6. The second kappa shape index (κ2) is 7.40. The summed E-state index contributed by atoms with van der Waals surface area (Å²) in [5.41, 5.74) is 0.875. The van der Waals surface area contributed by atoms with E-state index in [1.54, 1.807) is 24.3 Å². The van der Waals surface area contributed by atoms with Crippen LogP contribution in [0.5, 0.6) is 0 Å². The standard InChI is InChI=1S/C17H25NO4/c1-11(2)14(15(19)20)18-10-12-6-8-13(9-7-12)16(21)22-17(3,4)5/h6-9,11,14,18H,10H2,1-5H3,(H,19,20)/t14-/m1/s1. The van der Waals surface area contributed by atoms with Crippen LogP contribution in [0.2, 0.25) is 0 Å². The summed E-state index contributed by atoms with van der Waals surface area (Å²) in [6.45, 7) is 9.61. The highest BCUT2D eigenvalue weighted by Crippen LogP contribution is 2.13. The van der Waals surface area contributed by atoms with Gasteiger partial charge in [-0.1, -0.05) is 26.0 Å². The first-order valence-electron chi connectivity index (χ1n) is 7.38. The van der Waals surface area contributed by atoms with Gasteiger partial charge in [-0.05, 0) is 44.4 Å². The second-order valence-corrected chi connectivity index (χ2v) is 6.64. The molecular formula is C17H25NO4. The van der Waals surface area contributed by atoms with Gasteiger partial charge in [0.05, 0.1) is 5.56 Å². The maximum absolute atomic E-state index is 11.9. The number of carboxylic acids is 1. The third kappa shape index (κ3) is 5.85. The molecule has 22 heavy (non-hydrogen) atoms. The summed E-state index contributed by atoms with van der Waals surface area (Å²) in [7, 11) is 0. The van der Waals surface area contributed by atoms with E-state index in [9.17, 15) is 9.59 Å². The van der Waals surface area contributed by atoms with Crippen LogP contribution in [0.25, 0.3) is 0 Å². The van der Waals surface area contributed by atoms with Crippen molar-refractivity contribution in [1.29, 1.82) is 0 Å². The van der Waals surface area contributed by atoms with Crippen molar-refractivity contribution in [3.63, 3.8) is 0 Å². The van der Waals surface area contributed by atoms with Gasteiger partial charge in [0.1, 0.15) is 11.6 Å². The predicted octanol–water partition coefficient (Wildman–Crippen LogP) is 2.84. The molecule has 0 unspecified atom stereocenters. The highest BCUT2D eigenvalue weighted by molar-refractivity contribution is 5.89. The largest absolute Gasteiger partial charge is 0.480 e. The van der Waals surface area contributed by atoms with E-state index < -0.39 is 17.6 Å². The Hall–Kier alpha value is -1.88. The molecule has 1 aromatic rings. The number of benzene rings is 1. The lowest BCUT2D eigenvalue weighted by Crippen LogP contribution is -2.40. The number of hydrogen-bond donors (Lipinski definition) is 2. The summed E-state index contributed by atoms with van der Waals surface area (Å²) >= 11 is 0. The topological polar surface area (TPSA) is 75.6 Å². The Bertz CT molecular complexity index is 514. The van der Waals surface area contributed by atoms with E-state index in [1.165, 1.54) is 0 Å². The van der Waals surface area contributed by atoms with Gasteiger partial charge in [-0.3, -0.25) is 4.79 Å². The van der Waals surface area contributed by atoms with E-state index in [4.69, 9.17) is 9.84 Å². The van der Waals surface area contributed by atoms with E-state index >= 15 is 0 Å². The smallest absolute Gasteiger partial charge is 0.338 e. The normalized spacial score (nSPS) is 13.0. The van der Waals surface area contributed by atoms with Crippen molar-refractivity contribution < 1.29 is 19.4 Å². The van der Waals surface area contributed by atoms with Crippen LogP contribution >= 0.6 is 0 Å². The van der Waals surface area contributed by atoms with Crippen molar-refractivity contribution in [2.75, 3.05) is 0 Å². The van der Waals surface area contributed by atoms with E-state index in [0.717, 1.165) is 5.56 Å². The zero-order valence-electron chi connectivity index (χ0n) is 13.8. The Morgan fingerprint density at radius 2 is 1.73 bits per heavy atom. The molecule has 0 spiro atoms. The molecule has 0 fully saturated rings. The lowest BCUT2D eigenvalue weighted by atomic mass is 10.0. The molecule has 0 saturated heterocycles. The number of nitrogens with one attached hydrogen (secondary N) is 1. The van der Waals surface area contributed by atoms with Crippen LogP contribution in [-0.4, -0.2) is 28.7 Å². The molecule has 0 amide bonds. The van der Waals surface area contributed by atoms with Gasteiger partial charge in [0.25, 0.3) is 0 Å². The van der Waals surface area contributed by atoms with Gasteiger partial charge in [0, 0.05) is 6.54 Å². The summed E-state index contributed by atoms with van der Waals surface area (Å²) < 4.78 is 5.29. The Balaban J connectivity index is 2.65. The van der Waals surface area contributed by atoms with Crippen LogP contribution in [0.4, 0.5) is 0 Å². The average molecular weight is 307 g/mol. The summed E-state index contributed by atoms with van der Waals surface area (Å²) in [5, 5.41) is 12.1. The van der Waals surface area contributed by atoms with Gasteiger partial charge < -0.3 is 15.2 Å². The molecule has 0 aliphatic rings. The molecule has 0 aliphatic heterocycles. The predicted molar refractivity (Wildman–Crippen MR) is 84.7 cm³/mol. The monoisotopic (exact) mass is 307 g/mol. The van der Waals surface area contributed by atoms with Crippen LogP contribution in [0, 0.1) is 5.92 Å². The van der Waals surface area contributed by atoms with E-state index in [-0.39, 0.29) is 11.9 Å². The molecular weight excluding hydrogens is 282 g/mol. The second-order valence-electron chi connectivity index (χ2n) is 6.64. The minimum atomic E-state index is -0.861. The average Bonchev–Trinajstić information content (AvgIpc) is 2.36. The Kier molecular flexibility index (Phi) is 6.11. The van der Waals surface area contributed by atoms with Crippen molar-refractivity contribution >= 4 is 11.9 Å². The van der Waals surface area contributed by atoms with Crippen LogP contribution in [0.1, 0.15) is 50.5 Å². The van der Waals surface area contributed by atoms with E-state index in [0.29, 0.717) is 12.1 Å². The Labute approximate surface area is 131 Å². The third-order valence-corrected chi connectivity index (χ3v) is 3.05. The van der Waals surface area contributed by atoms with Crippen molar-refractivity contribution in [1.82, 2.24) is 5.32 Å². The SMILES string of the molecule is CC(C)[C@@H](NCc1ccc(C(=O)OC(C)(C)C)cc1)C(=O)O. The van der Waals surface area contributed by atoms with Crippen molar-refractivity contribution in [3.05, 3.63) is 35.4 Å². The summed E-state index contributed by atoms with van der Waals surface area (Å²) in [6.07, 6.45) is 0. The molecule has 1 rings (SSSR count). The number of aliphatic carboxylic acids is 1. The highest BCUT2D eigenvalue weighted by Gasteiger charge is 2.21. The summed E-state index contributed by atoms with van der Waals surface area (Å²) in [6, 6.07) is 6.38. The summed E-state index contributed by atoms with van der Waals surface area (Å²) in [4.78, 5) is 23.0. The molecule has 0 aliphatic carbocycles. The lowest BCUT2D eigenvalue weighted by Gasteiger charge is -2.20. The van der Waals surface area contributed by atoms with Crippen LogP contribution in [0.15, 0.2) is 24.3 Å². The first-order chi connectivity index (χ1) is 10.1. The maximum Gasteiger partial charge on any atom is 0.338 e. The zero-order valence-corrected chi connectivity index (χ0v) is 13.8. The van der Waals surface area contributed by atoms with Gasteiger partial charge in [-0.2, -0.15) is 0 Å². The molecule has 5 nitrogen and oxygen atoms in total. The fourth-order valence-electron chi connectivity index (χ4n) is 1.93. The van der Waals surface area contributed by atoms with E-state index in [1.807, 2.05) is 34.6 Å². The van der Waals surface area contributed by atoms with Crippen molar-refractivity contribution in [2.24, 2.45) is 5.92 Å². The number of ether oxygens (including phenoxy) is 1. The molecule has 0 aromatic heterocycles. The number of carbonyl (C=O) groups is 2. The first kappa shape index (κ1) is 18.2. The molecule has 122 valence electrons. The number of esters is 1. The van der Waals surface area contributed by atoms with Crippen LogP contribution in [-0.2, 0) is 16.1 Å². The molecule has 1 atom stereocenters. The van der Waals surface area contributed by atoms with Crippen molar-refractivity contribution in [3.8, 4) is 0 Å². The van der Waals surface area contributed by atoms with Gasteiger partial charge in [0.15, 0.2) is 0 Å². The van der Waals surface area contributed by atoms with Crippen molar-refractivity contribution in [2.45, 2.75) is 52.8 Å². The first-order valence-corrected chi connectivity index (χ1v) is 7.38. The maximum atomic E-state index is 11.9. The fourth-order valence-corrected chi connectivity index (χ4v) is 1.93. The summed E-state index contributed by atoms with van der Waals surface area (Å²) in [5.74, 6) is -1.23. The minimum Gasteiger partial charge on any atom is -0.480 e. The molecule has 0 radical (unpaired) electrons. The molecule has 2 N–H and O–H groups in total.